The smallest absolute Gasteiger partial charge is 0.176 e. The summed E-state index contributed by atoms with van der Waals surface area (Å²) in [5.41, 5.74) is -1.20. The van der Waals surface area contributed by atoms with E-state index in [0.29, 0.717) is 31.0 Å². The second kappa shape index (κ2) is 5.50. The van der Waals surface area contributed by atoms with Crippen molar-refractivity contribution in [1.29, 1.82) is 0 Å². The van der Waals surface area contributed by atoms with Gasteiger partial charge in [-0.1, -0.05) is 27.7 Å². The zero-order chi connectivity index (χ0) is 19.3. The summed E-state index contributed by atoms with van der Waals surface area (Å²) in [5, 5.41) is 23.0. The number of hydrogen-bond acceptors (Lipinski definition) is 4. The molecule has 0 aromatic carbocycles. The third kappa shape index (κ3) is 1.99. The van der Waals surface area contributed by atoms with Gasteiger partial charge >= 0.3 is 0 Å². The van der Waals surface area contributed by atoms with E-state index in [-0.39, 0.29) is 16.9 Å². The highest BCUT2D eigenvalue weighted by Crippen LogP contribution is 2.72. The van der Waals surface area contributed by atoms with Gasteiger partial charge in [0, 0.05) is 17.3 Å². The van der Waals surface area contributed by atoms with Gasteiger partial charge in [-0.3, -0.25) is 0 Å². The molecule has 27 heavy (non-hydrogen) atoms. The molecule has 4 aliphatic carbocycles. The Bertz CT molecular complexity index is 626. The molecule has 5 aliphatic rings. The van der Waals surface area contributed by atoms with Crippen LogP contribution in [-0.2, 0) is 9.47 Å². The van der Waals surface area contributed by atoms with Crippen LogP contribution in [0.2, 0.25) is 0 Å². The molecular weight excluding hydrogens is 340 g/mol. The second-order valence-electron chi connectivity index (χ2n) is 11.4. The van der Waals surface area contributed by atoms with Crippen LogP contribution in [0.15, 0.2) is 0 Å². The van der Waals surface area contributed by atoms with E-state index in [2.05, 4.69) is 27.7 Å². The maximum absolute atomic E-state index is 12.3. The van der Waals surface area contributed by atoms with Crippen LogP contribution in [0.25, 0.3) is 0 Å². The first kappa shape index (κ1) is 18.8. The van der Waals surface area contributed by atoms with Crippen LogP contribution in [0, 0.1) is 34.0 Å². The monoisotopic (exact) mass is 378 g/mol. The summed E-state index contributed by atoms with van der Waals surface area (Å²) in [4.78, 5) is 0. The third-order valence-corrected chi connectivity index (χ3v) is 10.7. The Morgan fingerprint density at radius 2 is 1.48 bits per heavy atom. The first-order valence-electron chi connectivity index (χ1n) is 11.3. The highest BCUT2D eigenvalue weighted by Gasteiger charge is 2.74. The summed E-state index contributed by atoms with van der Waals surface area (Å²) in [6.07, 6.45) is 7.98. The number of rotatable bonds is 0. The van der Waals surface area contributed by atoms with Crippen molar-refractivity contribution in [3.8, 4) is 0 Å². The molecule has 0 bridgehead atoms. The Balaban J connectivity index is 1.53. The summed E-state index contributed by atoms with van der Waals surface area (Å²) in [5.74, 6) is 1.17. The van der Waals surface area contributed by atoms with Crippen LogP contribution in [0.1, 0.15) is 79.1 Å². The molecule has 1 aliphatic heterocycles. The number of aliphatic hydroxyl groups excluding tert-OH is 1. The normalized spacial score (nSPS) is 55.8. The summed E-state index contributed by atoms with van der Waals surface area (Å²) < 4.78 is 12.4. The molecule has 0 unspecified atom stereocenters. The minimum atomic E-state index is -0.769. The fourth-order valence-corrected chi connectivity index (χ4v) is 8.85. The second-order valence-corrected chi connectivity index (χ2v) is 11.4. The quantitative estimate of drug-likeness (QED) is 0.671. The van der Waals surface area contributed by atoms with Gasteiger partial charge in [-0.2, -0.15) is 0 Å². The Morgan fingerprint density at radius 1 is 0.778 bits per heavy atom. The summed E-state index contributed by atoms with van der Waals surface area (Å²) >= 11 is 0. The maximum Gasteiger partial charge on any atom is 0.176 e. The molecule has 1 heterocycles. The van der Waals surface area contributed by atoms with Crippen molar-refractivity contribution in [2.45, 2.75) is 96.6 Å². The molecule has 154 valence electrons. The van der Waals surface area contributed by atoms with Gasteiger partial charge in [0.25, 0.3) is 0 Å². The molecule has 0 aromatic rings. The van der Waals surface area contributed by atoms with Gasteiger partial charge in [-0.05, 0) is 68.1 Å². The summed E-state index contributed by atoms with van der Waals surface area (Å²) in [6, 6.07) is 0. The van der Waals surface area contributed by atoms with E-state index >= 15 is 0 Å². The van der Waals surface area contributed by atoms with Gasteiger partial charge in [0.15, 0.2) is 5.79 Å². The lowest BCUT2D eigenvalue weighted by Crippen LogP contribution is -2.73. The van der Waals surface area contributed by atoms with Crippen molar-refractivity contribution in [3.63, 3.8) is 0 Å². The predicted molar refractivity (Wildman–Crippen MR) is 103 cm³/mol. The first-order chi connectivity index (χ1) is 12.6. The Hall–Kier alpha value is -0.160. The molecule has 5 rings (SSSR count). The van der Waals surface area contributed by atoms with Crippen LogP contribution in [0.5, 0.6) is 0 Å². The predicted octanol–water partition coefficient (Wildman–Crippen LogP) is 3.88. The van der Waals surface area contributed by atoms with E-state index in [1.54, 1.807) is 0 Å². The molecule has 2 N–H and O–H groups in total. The fraction of sp³-hybridized carbons (Fsp3) is 1.00. The molecule has 1 saturated heterocycles. The standard InChI is InChI=1S/C23H38O4/c1-19(2)22(25)10-7-15-16-5-6-18(24)20(16,3)9-8-17(15)21(22,4)11-12-23(19)26-13-14-27-23/h15-18,24-25H,5-14H2,1-4H3/t15-,16-,17-,18-,20-,21+,22+/m0/s1. The molecule has 0 radical (unpaired) electrons. The Labute approximate surface area is 164 Å². The summed E-state index contributed by atoms with van der Waals surface area (Å²) in [6.45, 7) is 10.3. The van der Waals surface area contributed by atoms with Gasteiger partial charge in [0.1, 0.15) is 0 Å². The van der Waals surface area contributed by atoms with Crippen molar-refractivity contribution in [3.05, 3.63) is 0 Å². The van der Waals surface area contributed by atoms with Crippen molar-refractivity contribution >= 4 is 0 Å². The van der Waals surface area contributed by atoms with Gasteiger partial charge in [-0.15, -0.1) is 0 Å². The Morgan fingerprint density at radius 3 is 2.19 bits per heavy atom. The van der Waals surface area contributed by atoms with E-state index in [0.717, 1.165) is 51.4 Å². The molecule has 4 nitrogen and oxygen atoms in total. The fourth-order valence-electron chi connectivity index (χ4n) is 8.85. The molecule has 1 spiro atoms. The molecule has 4 heteroatoms. The van der Waals surface area contributed by atoms with Gasteiger partial charge < -0.3 is 19.7 Å². The highest BCUT2D eigenvalue weighted by atomic mass is 16.7. The van der Waals surface area contributed by atoms with Crippen molar-refractivity contribution in [1.82, 2.24) is 0 Å². The molecule has 5 fully saturated rings. The van der Waals surface area contributed by atoms with E-state index in [1.165, 1.54) is 0 Å². The van der Waals surface area contributed by atoms with Crippen molar-refractivity contribution in [2.75, 3.05) is 13.2 Å². The molecule has 4 saturated carbocycles. The topological polar surface area (TPSA) is 58.9 Å². The van der Waals surface area contributed by atoms with Crippen LogP contribution in [0.4, 0.5) is 0 Å². The van der Waals surface area contributed by atoms with Crippen LogP contribution < -0.4 is 0 Å². The van der Waals surface area contributed by atoms with E-state index < -0.39 is 16.8 Å². The number of ether oxygens (including phenoxy) is 2. The minimum Gasteiger partial charge on any atom is -0.393 e. The maximum atomic E-state index is 12.3. The lowest BCUT2D eigenvalue weighted by molar-refractivity contribution is -0.357. The zero-order valence-corrected chi connectivity index (χ0v) is 17.6. The number of hydrogen-bond donors (Lipinski definition) is 2. The van der Waals surface area contributed by atoms with Crippen LogP contribution >= 0.6 is 0 Å². The average Bonchev–Trinajstić information content (AvgIpc) is 3.22. The molecule has 7 atom stereocenters. The molecular formula is C23H38O4. The first-order valence-corrected chi connectivity index (χ1v) is 11.3. The lowest BCUT2D eigenvalue weighted by Gasteiger charge is -2.70. The van der Waals surface area contributed by atoms with Gasteiger partial charge in [0.2, 0.25) is 0 Å². The summed E-state index contributed by atoms with van der Waals surface area (Å²) in [7, 11) is 0. The number of aliphatic hydroxyl groups is 2. The molecule has 0 amide bonds. The Kier molecular flexibility index (Phi) is 3.84. The van der Waals surface area contributed by atoms with Crippen LogP contribution in [-0.4, -0.2) is 40.9 Å². The van der Waals surface area contributed by atoms with Gasteiger partial charge in [-0.25, -0.2) is 0 Å². The van der Waals surface area contributed by atoms with Crippen molar-refractivity contribution in [2.24, 2.45) is 34.0 Å². The van der Waals surface area contributed by atoms with Gasteiger partial charge in [0.05, 0.1) is 24.9 Å². The average molecular weight is 379 g/mol. The minimum absolute atomic E-state index is 0.0933. The van der Waals surface area contributed by atoms with Crippen LogP contribution in [0.3, 0.4) is 0 Å². The zero-order valence-electron chi connectivity index (χ0n) is 17.6. The third-order valence-electron chi connectivity index (χ3n) is 10.7. The number of fused-ring (bicyclic) bond motifs is 5. The van der Waals surface area contributed by atoms with E-state index in [1.807, 2.05) is 0 Å². The SMILES string of the molecule is CC1(C)C2(CC[C@]3(C)[C@H]4CC[C@]5(C)[C@@H](O)CC[C@H]5[C@@H]4CC[C@@]13O)OCCO2. The van der Waals surface area contributed by atoms with Crippen molar-refractivity contribution < 1.29 is 19.7 Å². The lowest BCUT2D eigenvalue weighted by atomic mass is 9.38. The van der Waals surface area contributed by atoms with E-state index in [9.17, 15) is 10.2 Å². The largest absolute Gasteiger partial charge is 0.393 e. The molecule has 0 aromatic heterocycles. The highest BCUT2D eigenvalue weighted by molar-refractivity contribution is 5.21. The van der Waals surface area contributed by atoms with E-state index in [4.69, 9.17) is 9.47 Å².